The van der Waals surface area contributed by atoms with E-state index in [1.165, 1.54) is 26.0 Å². The first-order chi connectivity index (χ1) is 19.9. The van der Waals surface area contributed by atoms with Crippen LogP contribution in [0.5, 0.6) is 5.75 Å². The zero-order chi connectivity index (χ0) is 30.5. The van der Waals surface area contributed by atoms with Crippen molar-refractivity contribution in [2.75, 3.05) is 13.1 Å². The molecule has 0 spiro atoms. The Morgan fingerprint density at radius 2 is 1.76 bits per heavy atom. The van der Waals surface area contributed by atoms with Crippen molar-refractivity contribution in [3.05, 3.63) is 84.0 Å². The average molecular weight is 585 g/mol. The number of alkyl halides is 3. The number of carbonyl (C=O) groups is 3. The lowest BCUT2D eigenvalue weighted by Crippen LogP contribution is -2.71. The molecule has 42 heavy (non-hydrogen) atoms. The Morgan fingerprint density at radius 1 is 1.05 bits per heavy atom. The van der Waals surface area contributed by atoms with Crippen molar-refractivity contribution in [3.8, 4) is 5.75 Å². The number of fused-ring (bicyclic) bond motifs is 1. The highest BCUT2D eigenvalue weighted by molar-refractivity contribution is 5.99. The Labute approximate surface area is 243 Å². The molecule has 1 aliphatic heterocycles. The summed E-state index contributed by atoms with van der Waals surface area (Å²) < 4.78 is 54.0. The van der Waals surface area contributed by atoms with Crippen molar-refractivity contribution in [2.45, 2.75) is 69.3 Å². The van der Waals surface area contributed by atoms with Crippen LogP contribution < -0.4 is 10.1 Å². The van der Waals surface area contributed by atoms with Gasteiger partial charge in [-0.3, -0.25) is 19.3 Å². The van der Waals surface area contributed by atoms with Gasteiger partial charge in [0.25, 0.3) is 5.91 Å². The molecule has 2 aromatic carbocycles. The van der Waals surface area contributed by atoms with E-state index in [-0.39, 0.29) is 25.1 Å². The molecule has 1 saturated carbocycles. The van der Waals surface area contributed by atoms with E-state index < -0.39 is 46.8 Å². The van der Waals surface area contributed by atoms with Crippen LogP contribution in [0.4, 0.5) is 13.2 Å². The highest BCUT2D eigenvalue weighted by atomic mass is 19.4. The second-order valence-electron chi connectivity index (χ2n) is 10.9. The Kier molecular flexibility index (Phi) is 9.25. The largest absolute Gasteiger partial charge is 0.457 e. The normalized spacial score (nSPS) is 24.7. The van der Waals surface area contributed by atoms with Crippen molar-refractivity contribution in [3.63, 3.8) is 0 Å². The molecule has 3 atom stereocenters. The lowest BCUT2D eigenvalue weighted by atomic mass is 9.55. The summed E-state index contributed by atoms with van der Waals surface area (Å²) in [7, 11) is 0. The van der Waals surface area contributed by atoms with Crippen molar-refractivity contribution >= 4 is 23.9 Å². The number of benzene rings is 2. The molecule has 2 aromatic rings. The van der Waals surface area contributed by atoms with E-state index >= 15 is 0 Å². The monoisotopic (exact) mass is 584 g/mol. The zero-order valence-electron chi connectivity index (χ0n) is 23.7. The molecule has 224 valence electrons. The predicted molar refractivity (Wildman–Crippen MR) is 151 cm³/mol. The molecule has 2 fully saturated rings. The first-order valence-electron chi connectivity index (χ1n) is 13.9. The van der Waals surface area contributed by atoms with Crippen LogP contribution in [-0.4, -0.2) is 53.8 Å². The maximum absolute atomic E-state index is 14.2. The summed E-state index contributed by atoms with van der Waals surface area (Å²) in [5.41, 5.74) is -2.28. The molecule has 1 amide bonds. The number of nitrogens with zero attached hydrogens (tertiary/aromatic N) is 1. The van der Waals surface area contributed by atoms with Crippen LogP contribution in [-0.2, 0) is 24.5 Å². The van der Waals surface area contributed by atoms with Gasteiger partial charge in [-0.05, 0) is 55.0 Å². The number of ether oxygens (including phenoxy) is 2. The van der Waals surface area contributed by atoms with Crippen molar-refractivity contribution in [2.24, 2.45) is 0 Å². The quantitative estimate of drug-likeness (QED) is 0.185. The topological polar surface area (TPSA) is 84.9 Å². The van der Waals surface area contributed by atoms with Gasteiger partial charge in [-0.15, -0.1) is 6.58 Å². The van der Waals surface area contributed by atoms with Crippen LogP contribution in [0.15, 0.2) is 72.8 Å². The number of hydrogen-bond donors (Lipinski definition) is 1. The number of nitrogens with one attached hydrogen (secondary N) is 1. The van der Waals surface area contributed by atoms with Gasteiger partial charge in [-0.1, -0.05) is 55.0 Å². The molecule has 0 radical (unpaired) electrons. The van der Waals surface area contributed by atoms with E-state index in [1.807, 2.05) is 6.07 Å². The van der Waals surface area contributed by atoms with Gasteiger partial charge in [0, 0.05) is 32.4 Å². The van der Waals surface area contributed by atoms with E-state index in [0.29, 0.717) is 18.6 Å². The highest BCUT2D eigenvalue weighted by Gasteiger charge is 2.61. The van der Waals surface area contributed by atoms with Gasteiger partial charge < -0.3 is 14.8 Å². The predicted octanol–water partition coefficient (Wildman–Crippen LogP) is 5.71. The average Bonchev–Trinajstić information content (AvgIpc) is 2.91. The molecule has 10 heteroatoms. The van der Waals surface area contributed by atoms with Crippen LogP contribution in [0.3, 0.4) is 0 Å². The molecule has 0 bridgehead atoms. The van der Waals surface area contributed by atoms with E-state index in [9.17, 15) is 27.6 Å². The molecule has 1 aliphatic carbocycles. The molecule has 1 heterocycles. The molecular formula is C32H35F3N2O5. The third-order valence-corrected chi connectivity index (χ3v) is 8.06. The van der Waals surface area contributed by atoms with Gasteiger partial charge >= 0.3 is 18.1 Å². The van der Waals surface area contributed by atoms with E-state index in [0.717, 1.165) is 24.5 Å². The number of amides is 1. The summed E-state index contributed by atoms with van der Waals surface area (Å²) in [6.07, 6.45) is -0.568. The Hall–Kier alpha value is -3.92. The fourth-order valence-corrected chi connectivity index (χ4v) is 6.45. The second kappa shape index (κ2) is 12.5. The van der Waals surface area contributed by atoms with Gasteiger partial charge in [0.2, 0.25) is 0 Å². The number of hydrogen-bond acceptors (Lipinski definition) is 6. The van der Waals surface area contributed by atoms with Crippen LogP contribution >= 0.6 is 0 Å². The van der Waals surface area contributed by atoms with E-state index in [1.54, 1.807) is 47.4 Å². The molecule has 7 nitrogen and oxygen atoms in total. The van der Waals surface area contributed by atoms with Crippen molar-refractivity contribution < 1.29 is 37.0 Å². The summed E-state index contributed by atoms with van der Waals surface area (Å²) in [6.45, 7) is 6.81. The van der Waals surface area contributed by atoms with Crippen molar-refractivity contribution in [1.29, 1.82) is 0 Å². The number of likely N-dealkylation sites (tertiary alicyclic amines) is 1. The number of carbonyl (C=O) groups excluding carboxylic acids is 3. The highest BCUT2D eigenvalue weighted by Crippen LogP contribution is 2.55. The fourth-order valence-electron chi connectivity index (χ4n) is 6.45. The molecule has 0 aromatic heterocycles. The minimum absolute atomic E-state index is 0.153. The Morgan fingerprint density at radius 3 is 2.40 bits per heavy atom. The minimum atomic E-state index is -4.90. The lowest BCUT2D eigenvalue weighted by molar-refractivity contribution is -0.192. The lowest BCUT2D eigenvalue weighted by Gasteiger charge is -2.60. The molecule has 2 aliphatic rings. The van der Waals surface area contributed by atoms with Crippen LogP contribution in [0.25, 0.3) is 6.08 Å². The summed E-state index contributed by atoms with van der Waals surface area (Å²) in [5, 5.41) is 2.65. The van der Waals surface area contributed by atoms with Gasteiger partial charge in [0.15, 0.2) is 0 Å². The summed E-state index contributed by atoms with van der Waals surface area (Å²) in [4.78, 5) is 39.4. The van der Waals surface area contributed by atoms with Crippen LogP contribution in [0, 0.1) is 0 Å². The number of halogens is 3. The summed E-state index contributed by atoms with van der Waals surface area (Å²) in [5.74, 6) is -1.94. The maximum atomic E-state index is 14.2. The van der Waals surface area contributed by atoms with Crippen LogP contribution in [0.1, 0.15) is 57.1 Å². The standard InChI is InChI=1S/C32H35F3N2O5/c1-4-17-37-21-31(42-23(3)39)16-9-8-15-30(31,25-13-10-14-26(19-25)41-22(2)38)20-28(37)36-29(40)27(32(33,34)35)18-24-11-6-5-7-12-24/h4-7,10-14,18-19,28H,1,8-9,15-17,20-21H2,2-3H3,(H,36,40)/t28-,30-,31?/m0/s1. The van der Waals surface area contributed by atoms with E-state index in [2.05, 4.69) is 11.9 Å². The summed E-state index contributed by atoms with van der Waals surface area (Å²) >= 11 is 0. The fraction of sp³-hybridized carbons (Fsp3) is 0.406. The van der Waals surface area contributed by atoms with Crippen LogP contribution in [0.2, 0.25) is 0 Å². The minimum Gasteiger partial charge on any atom is -0.457 e. The number of esters is 2. The smallest absolute Gasteiger partial charge is 0.421 e. The van der Waals surface area contributed by atoms with Crippen molar-refractivity contribution in [1.82, 2.24) is 10.2 Å². The van der Waals surface area contributed by atoms with Gasteiger partial charge in [0.1, 0.15) is 16.9 Å². The van der Waals surface area contributed by atoms with Gasteiger partial charge in [0.05, 0.1) is 6.17 Å². The number of rotatable bonds is 8. The molecular weight excluding hydrogens is 549 g/mol. The maximum Gasteiger partial charge on any atom is 0.421 e. The zero-order valence-corrected chi connectivity index (χ0v) is 23.7. The molecule has 1 N–H and O–H groups in total. The third kappa shape index (κ3) is 6.59. The second-order valence-corrected chi connectivity index (χ2v) is 10.9. The number of piperidine rings is 1. The molecule has 4 rings (SSSR count). The first kappa shape index (κ1) is 31.0. The Balaban J connectivity index is 1.80. The first-order valence-corrected chi connectivity index (χ1v) is 13.9. The van der Waals surface area contributed by atoms with E-state index in [4.69, 9.17) is 9.47 Å². The Bertz CT molecular complexity index is 1360. The third-order valence-electron chi connectivity index (χ3n) is 8.06. The van der Waals surface area contributed by atoms with Gasteiger partial charge in [-0.25, -0.2) is 0 Å². The SMILES string of the molecule is C=CCN1CC2(OC(C)=O)CCCC[C@@]2(c2cccc(OC(C)=O)c2)C[C@H]1NC(=O)C(=Cc1ccccc1)C(F)(F)F. The molecule has 1 saturated heterocycles. The molecule has 1 unspecified atom stereocenters. The summed E-state index contributed by atoms with van der Waals surface area (Å²) in [6, 6.07) is 14.8. The van der Waals surface area contributed by atoms with Gasteiger partial charge in [-0.2, -0.15) is 13.2 Å².